The van der Waals surface area contributed by atoms with Gasteiger partial charge >= 0.3 is 0 Å². The Kier molecular flexibility index (Phi) is 3.96. The van der Waals surface area contributed by atoms with E-state index in [1.54, 1.807) is 0 Å². The van der Waals surface area contributed by atoms with Crippen molar-refractivity contribution < 1.29 is 0 Å². The third-order valence-electron chi connectivity index (χ3n) is 3.47. The van der Waals surface area contributed by atoms with Crippen LogP contribution in [0.15, 0.2) is 6.20 Å². The lowest BCUT2D eigenvalue weighted by molar-refractivity contribution is 0.198. The highest BCUT2D eigenvalue weighted by Crippen LogP contribution is 2.11. The maximum Gasteiger partial charge on any atom is 0.0535 e. The summed E-state index contributed by atoms with van der Waals surface area (Å²) in [5.74, 6) is 0. The van der Waals surface area contributed by atoms with Crippen molar-refractivity contribution in [1.29, 1.82) is 0 Å². The van der Waals surface area contributed by atoms with Crippen LogP contribution in [-0.4, -0.2) is 40.8 Å². The fourth-order valence-corrected chi connectivity index (χ4v) is 2.32. The van der Waals surface area contributed by atoms with E-state index in [4.69, 9.17) is 0 Å². The van der Waals surface area contributed by atoms with Crippen LogP contribution in [-0.2, 0) is 6.54 Å². The van der Waals surface area contributed by atoms with Gasteiger partial charge in [-0.3, -0.25) is 5.10 Å². The lowest BCUT2D eigenvalue weighted by atomic mass is 10.1. The van der Waals surface area contributed by atoms with Gasteiger partial charge in [0.05, 0.1) is 6.20 Å². The molecule has 2 rings (SSSR count). The molecule has 2 heterocycles. The molecule has 1 aromatic heterocycles. The number of hydrogen-bond acceptors (Lipinski definition) is 3. The van der Waals surface area contributed by atoms with Gasteiger partial charge in [0.25, 0.3) is 0 Å². The number of rotatable bonds is 4. The van der Waals surface area contributed by atoms with Crippen molar-refractivity contribution in [2.45, 2.75) is 39.3 Å². The van der Waals surface area contributed by atoms with Crippen LogP contribution in [0, 0.1) is 6.92 Å². The molecule has 4 nitrogen and oxygen atoms in total. The van der Waals surface area contributed by atoms with Gasteiger partial charge in [-0.25, -0.2) is 0 Å². The van der Waals surface area contributed by atoms with Crippen molar-refractivity contribution in [2.75, 3.05) is 19.6 Å². The Morgan fingerprint density at radius 2 is 2.50 bits per heavy atom. The summed E-state index contributed by atoms with van der Waals surface area (Å²) < 4.78 is 0. The fourth-order valence-electron chi connectivity index (χ4n) is 2.32. The maximum absolute atomic E-state index is 4.04. The first-order valence-electron chi connectivity index (χ1n) is 6.24. The molecule has 0 spiro atoms. The highest BCUT2D eigenvalue weighted by Gasteiger charge is 2.18. The largest absolute Gasteiger partial charge is 0.309 e. The third kappa shape index (κ3) is 2.83. The molecule has 0 bridgehead atoms. The van der Waals surface area contributed by atoms with Crippen LogP contribution < -0.4 is 5.32 Å². The molecule has 1 atom stereocenters. The van der Waals surface area contributed by atoms with Gasteiger partial charge in [0.15, 0.2) is 0 Å². The van der Waals surface area contributed by atoms with Crippen LogP contribution in [0.2, 0.25) is 0 Å². The predicted molar refractivity (Wildman–Crippen MR) is 65.3 cm³/mol. The molecule has 1 aromatic rings. The maximum atomic E-state index is 4.04. The van der Waals surface area contributed by atoms with Crippen molar-refractivity contribution in [1.82, 2.24) is 20.4 Å². The van der Waals surface area contributed by atoms with E-state index in [9.17, 15) is 0 Å². The van der Waals surface area contributed by atoms with E-state index in [-0.39, 0.29) is 0 Å². The predicted octanol–water partition coefficient (Wildman–Crippen LogP) is 1.29. The number of aromatic nitrogens is 2. The lowest BCUT2D eigenvalue weighted by Crippen LogP contribution is -2.45. The van der Waals surface area contributed by atoms with Crippen LogP contribution >= 0.6 is 0 Å². The molecular weight excluding hydrogens is 200 g/mol. The monoisotopic (exact) mass is 222 g/mol. The van der Waals surface area contributed by atoms with E-state index in [0.717, 1.165) is 6.54 Å². The number of aryl methyl sites for hydroxylation is 1. The molecule has 1 aliphatic rings. The standard InChI is InChI=1S/C12H22N4/c1-3-16-6-4-5-12(9-16)13-7-11-8-14-15-10(11)2/h8,12-13H,3-7,9H2,1-2H3,(H,14,15)/t12-/m0/s1. The molecule has 1 saturated heterocycles. The molecule has 1 fully saturated rings. The number of hydrogen-bond donors (Lipinski definition) is 2. The normalized spacial score (nSPS) is 22.5. The molecule has 0 radical (unpaired) electrons. The Labute approximate surface area is 97.4 Å². The minimum absolute atomic E-state index is 0.642. The van der Waals surface area contributed by atoms with E-state index < -0.39 is 0 Å². The first-order valence-corrected chi connectivity index (χ1v) is 6.24. The summed E-state index contributed by atoms with van der Waals surface area (Å²) in [6.45, 7) is 8.87. The molecule has 0 unspecified atom stereocenters. The summed E-state index contributed by atoms with van der Waals surface area (Å²) in [6, 6.07) is 0.642. The molecule has 16 heavy (non-hydrogen) atoms. The number of likely N-dealkylation sites (tertiary alicyclic amines) is 1. The molecule has 0 aromatic carbocycles. The van der Waals surface area contributed by atoms with Gasteiger partial charge in [0, 0.05) is 30.4 Å². The second-order valence-corrected chi connectivity index (χ2v) is 4.63. The van der Waals surface area contributed by atoms with Gasteiger partial charge in [0.2, 0.25) is 0 Å². The van der Waals surface area contributed by atoms with Gasteiger partial charge in [-0.15, -0.1) is 0 Å². The summed E-state index contributed by atoms with van der Waals surface area (Å²) in [7, 11) is 0. The minimum Gasteiger partial charge on any atom is -0.309 e. The molecule has 4 heteroatoms. The number of nitrogens with zero attached hydrogens (tertiary/aromatic N) is 2. The number of aromatic amines is 1. The fraction of sp³-hybridized carbons (Fsp3) is 0.750. The molecule has 1 aliphatic heterocycles. The number of H-pyrrole nitrogens is 1. The number of nitrogens with one attached hydrogen (secondary N) is 2. The van der Waals surface area contributed by atoms with Gasteiger partial charge in [-0.05, 0) is 32.9 Å². The average Bonchev–Trinajstić information content (AvgIpc) is 2.72. The summed E-state index contributed by atoms with van der Waals surface area (Å²) in [5, 5.41) is 10.6. The van der Waals surface area contributed by atoms with E-state index in [0.29, 0.717) is 6.04 Å². The van der Waals surface area contributed by atoms with Crippen LogP contribution in [0.3, 0.4) is 0 Å². The molecule has 0 saturated carbocycles. The lowest BCUT2D eigenvalue weighted by Gasteiger charge is -2.32. The zero-order valence-corrected chi connectivity index (χ0v) is 10.3. The van der Waals surface area contributed by atoms with Crippen LogP contribution in [0.25, 0.3) is 0 Å². The second kappa shape index (κ2) is 5.46. The first kappa shape index (κ1) is 11.6. The van der Waals surface area contributed by atoms with E-state index in [2.05, 4.69) is 34.3 Å². The van der Waals surface area contributed by atoms with Crippen LogP contribution in [0.4, 0.5) is 0 Å². The third-order valence-corrected chi connectivity index (χ3v) is 3.47. The molecule has 0 amide bonds. The minimum atomic E-state index is 0.642. The topological polar surface area (TPSA) is 44.0 Å². The van der Waals surface area contributed by atoms with Crippen LogP contribution in [0.5, 0.6) is 0 Å². The highest BCUT2D eigenvalue weighted by atomic mass is 15.2. The average molecular weight is 222 g/mol. The molecule has 0 aliphatic carbocycles. The Morgan fingerprint density at radius 3 is 3.19 bits per heavy atom. The highest BCUT2D eigenvalue weighted by molar-refractivity contribution is 5.13. The Bertz CT molecular complexity index is 321. The van der Waals surface area contributed by atoms with Crippen molar-refractivity contribution in [3.63, 3.8) is 0 Å². The Morgan fingerprint density at radius 1 is 1.62 bits per heavy atom. The van der Waals surface area contributed by atoms with Crippen molar-refractivity contribution in [2.24, 2.45) is 0 Å². The number of likely N-dealkylation sites (N-methyl/N-ethyl adjacent to an activating group) is 1. The summed E-state index contributed by atoms with van der Waals surface area (Å²) in [5.41, 5.74) is 2.46. The van der Waals surface area contributed by atoms with Crippen molar-refractivity contribution in [3.8, 4) is 0 Å². The van der Waals surface area contributed by atoms with Gasteiger partial charge < -0.3 is 10.2 Å². The molecule has 90 valence electrons. The molecular formula is C12H22N4. The summed E-state index contributed by atoms with van der Waals surface area (Å²) in [4.78, 5) is 2.52. The Balaban J connectivity index is 1.79. The van der Waals surface area contributed by atoms with Crippen molar-refractivity contribution in [3.05, 3.63) is 17.5 Å². The Hall–Kier alpha value is -0.870. The van der Waals surface area contributed by atoms with Gasteiger partial charge in [0.1, 0.15) is 0 Å². The summed E-state index contributed by atoms with van der Waals surface area (Å²) >= 11 is 0. The van der Waals surface area contributed by atoms with Gasteiger partial charge in [-0.2, -0.15) is 5.10 Å². The first-order chi connectivity index (χ1) is 7.79. The van der Waals surface area contributed by atoms with E-state index in [1.807, 2.05) is 6.20 Å². The SMILES string of the molecule is CCN1CCC[C@H](NCc2cn[nH]c2C)C1. The zero-order chi connectivity index (χ0) is 11.4. The van der Waals surface area contributed by atoms with E-state index >= 15 is 0 Å². The van der Waals surface area contributed by atoms with Crippen molar-refractivity contribution >= 4 is 0 Å². The zero-order valence-electron chi connectivity index (χ0n) is 10.3. The number of piperidine rings is 1. The van der Waals surface area contributed by atoms with E-state index in [1.165, 1.54) is 43.7 Å². The quantitative estimate of drug-likeness (QED) is 0.807. The molecule has 2 N–H and O–H groups in total. The second-order valence-electron chi connectivity index (χ2n) is 4.63. The smallest absolute Gasteiger partial charge is 0.0535 e. The summed E-state index contributed by atoms with van der Waals surface area (Å²) in [6.07, 6.45) is 4.53. The van der Waals surface area contributed by atoms with Gasteiger partial charge in [-0.1, -0.05) is 6.92 Å². The van der Waals surface area contributed by atoms with Crippen LogP contribution in [0.1, 0.15) is 31.0 Å².